The topological polar surface area (TPSA) is 73.4 Å². The summed E-state index contributed by atoms with van der Waals surface area (Å²) in [7, 11) is 1.62. The van der Waals surface area contributed by atoms with Crippen LogP contribution < -0.4 is 21.6 Å². The van der Waals surface area contributed by atoms with Gasteiger partial charge in [0.15, 0.2) is 0 Å². The van der Waals surface area contributed by atoms with E-state index in [-0.39, 0.29) is 0 Å². The minimum absolute atomic E-state index is 0.772. The fourth-order valence-electron chi connectivity index (χ4n) is 0.754. The molecule has 0 heterocycles. The molecule has 0 aromatic heterocycles. The van der Waals surface area contributed by atoms with Crippen LogP contribution in [0, 0.1) is 0 Å². The Hall–Kier alpha value is -1.30. The van der Waals surface area contributed by atoms with E-state index < -0.39 is 0 Å². The van der Waals surface area contributed by atoms with Crippen LogP contribution in [0.25, 0.3) is 5.43 Å². The number of methoxy groups -OCH3 is 1. The lowest BCUT2D eigenvalue weighted by Crippen LogP contribution is -2.33. The number of nitrogens with one attached hydrogen (secondary N) is 2. The highest BCUT2D eigenvalue weighted by molar-refractivity contribution is 5.49. The summed E-state index contributed by atoms with van der Waals surface area (Å²) in [6.07, 6.45) is 0. The molecule has 5 nitrogen and oxygen atoms in total. The molecular formula is C7H11N4O-. The van der Waals surface area contributed by atoms with E-state index in [0.29, 0.717) is 0 Å². The Morgan fingerprint density at radius 3 is 2.50 bits per heavy atom. The van der Waals surface area contributed by atoms with Crippen LogP contribution in [-0.4, -0.2) is 7.11 Å². The van der Waals surface area contributed by atoms with Crippen LogP contribution in [0.15, 0.2) is 24.3 Å². The van der Waals surface area contributed by atoms with E-state index in [1.165, 1.54) is 0 Å². The molecule has 0 spiro atoms. The Labute approximate surface area is 70.8 Å². The number of ether oxygens (including phenoxy) is 1. The predicted molar refractivity (Wildman–Crippen MR) is 46.5 cm³/mol. The van der Waals surface area contributed by atoms with Crippen LogP contribution in [0.1, 0.15) is 0 Å². The lowest BCUT2D eigenvalue weighted by atomic mass is 10.3. The van der Waals surface area contributed by atoms with Gasteiger partial charge in [-0.25, -0.2) is 5.53 Å². The molecule has 0 saturated carbocycles. The highest BCUT2D eigenvalue weighted by Gasteiger charge is 1.84. The third-order valence-electron chi connectivity index (χ3n) is 1.32. The maximum absolute atomic E-state index is 4.97. The Kier molecular flexibility index (Phi) is 3.34. The Balaban J connectivity index is 2.53. The van der Waals surface area contributed by atoms with Gasteiger partial charge in [-0.3, -0.25) is 5.84 Å². The van der Waals surface area contributed by atoms with Gasteiger partial charge >= 0.3 is 0 Å². The zero-order valence-electron chi connectivity index (χ0n) is 6.74. The number of hydrogen-bond donors (Lipinski definition) is 3. The number of nitrogens with two attached hydrogens (primary N) is 1. The Morgan fingerprint density at radius 2 is 2.00 bits per heavy atom. The number of nitrogens with zero attached hydrogens (tertiary/aromatic N) is 1. The van der Waals surface area contributed by atoms with Crippen molar-refractivity contribution < 1.29 is 4.74 Å². The van der Waals surface area contributed by atoms with Crippen LogP contribution in [0.2, 0.25) is 0 Å². The molecule has 0 saturated heterocycles. The smallest absolute Gasteiger partial charge is 0.118 e. The summed E-state index contributed by atoms with van der Waals surface area (Å²) in [6, 6.07) is 7.25. The minimum atomic E-state index is 0.772. The van der Waals surface area contributed by atoms with Gasteiger partial charge in [0, 0.05) is 0 Å². The van der Waals surface area contributed by atoms with Crippen molar-refractivity contribution in [1.82, 2.24) is 11.1 Å². The van der Waals surface area contributed by atoms with E-state index in [9.17, 15) is 0 Å². The largest absolute Gasteiger partial charge is 0.608 e. The van der Waals surface area contributed by atoms with Crippen molar-refractivity contribution >= 4 is 5.69 Å². The maximum Gasteiger partial charge on any atom is 0.118 e. The lowest BCUT2D eigenvalue weighted by molar-refractivity contribution is 0.415. The second kappa shape index (κ2) is 4.55. The van der Waals surface area contributed by atoms with Crippen LogP contribution in [0.5, 0.6) is 5.75 Å². The highest BCUT2D eigenvalue weighted by Crippen LogP contribution is 2.19. The molecule has 0 bridgehead atoms. The van der Waals surface area contributed by atoms with Crippen LogP contribution >= 0.6 is 0 Å². The summed E-state index contributed by atoms with van der Waals surface area (Å²) in [5.41, 5.74) is 9.24. The normalized spacial score (nSPS) is 9.50. The summed E-state index contributed by atoms with van der Waals surface area (Å²) in [5.74, 6) is 5.75. The summed E-state index contributed by atoms with van der Waals surface area (Å²) in [4.78, 5) is 0. The predicted octanol–water partition coefficient (Wildman–Crippen LogP) is 0.583. The molecule has 12 heavy (non-hydrogen) atoms. The molecule has 0 amide bonds. The monoisotopic (exact) mass is 167 g/mol. The lowest BCUT2D eigenvalue weighted by Gasteiger charge is -2.21. The van der Waals surface area contributed by atoms with Crippen molar-refractivity contribution in [2.75, 3.05) is 7.11 Å². The molecule has 0 aliphatic rings. The number of benzene rings is 1. The van der Waals surface area contributed by atoms with Crippen LogP contribution in [-0.2, 0) is 0 Å². The third kappa shape index (κ3) is 2.39. The molecule has 0 aliphatic heterocycles. The molecule has 66 valence electrons. The van der Waals surface area contributed by atoms with Gasteiger partial charge in [0.2, 0.25) is 0 Å². The van der Waals surface area contributed by atoms with E-state index in [2.05, 4.69) is 16.5 Å². The first kappa shape index (κ1) is 8.79. The molecule has 1 rings (SSSR count). The van der Waals surface area contributed by atoms with Gasteiger partial charge in [-0.1, -0.05) is 12.1 Å². The second-order valence-corrected chi connectivity index (χ2v) is 2.07. The average Bonchev–Trinajstić information content (AvgIpc) is 2.15. The fourth-order valence-corrected chi connectivity index (χ4v) is 0.754. The van der Waals surface area contributed by atoms with Crippen LogP contribution in [0.4, 0.5) is 5.69 Å². The summed E-state index contributed by atoms with van der Waals surface area (Å²) < 4.78 is 4.97. The number of rotatable bonds is 4. The quantitative estimate of drug-likeness (QED) is 0.453. The average molecular weight is 167 g/mol. The van der Waals surface area contributed by atoms with Gasteiger partial charge < -0.3 is 15.7 Å². The van der Waals surface area contributed by atoms with E-state index in [1.54, 1.807) is 7.11 Å². The maximum atomic E-state index is 4.97. The zero-order valence-corrected chi connectivity index (χ0v) is 6.74. The number of hydrazine groups is 2. The van der Waals surface area contributed by atoms with Gasteiger partial charge in [-0.2, -0.15) is 0 Å². The fraction of sp³-hybridized carbons (Fsp3) is 0.143. The van der Waals surface area contributed by atoms with Gasteiger partial charge in [0.1, 0.15) is 5.75 Å². The van der Waals surface area contributed by atoms with Gasteiger partial charge in [0.25, 0.3) is 0 Å². The van der Waals surface area contributed by atoms with Crippen molar-refractivity contribution in [3.63, 3.8) is 0 Å². The molecule has 5 heteroatoms. The molecule has 0 atom stereocenters. The van der Waals surface area contributed by atoms with Crippen LogP contribution in [0.3, 0.4) is 0 Å². The molecule has 0 unspecified atom stereocenters. The molecule has 0 fully saturated rings. The molecule has 1 aromatic rings. The van der Waals surface area contributed by atoms with Gasteiger partial charge in [0.05, 0.1) is 7.11 Å². The Bertz CT molecular complexity index is 223. The van der Waals surface area contributed by atoms with Gasteiger partial charge in [-0.05, 0) is 12.1 Å². The van der Waals surface area contributed by atoms with E-state index in [0.717, 1.165) is 11.4 Å². The van der Waals surface area contributed by atoms with Crippen molar-refractivity contribution in [3.05, 3.63) is 29.7 Å². The molecule has 0 radical (unpaired) electrons. The Morgan fingerprint density at radius 1 is 1.33 bits per heavy atom. The standard InChI is InChI=1S/C7H11N4O/c1-12-7-4-2-6(3-5-7)9-11-10-8/h2-5,10-11H,8H2,1H3/q-1. The second-order valence-electron chi connectivity index (χ2n) is 2.07. The molecule has 0 aliphatic carbocycles. The summed E-state index contributed by atoms with van der Waals surface area (Å²) in [6.45, 7) is 0. The summed E-state index contributed by atoms with van der Waals surface area (Å²) in [5, 5.41) is 0. The minimum Gasteiger partial charge on any atom is -0.608 e. The molecule has 4 N–H and O–H groups in total. The molecule has 1 aromatic carbocycles. The first-order chi connectivity index (χ1) is 5.86. The van der Waals surface area contributed by atoms with Crippen molar-refractivity contribution in [2.45, 2.75) is 0 Å². The van der Waals surface area contributed by atoms with Crippen molar-refractivity contribution in [1.29, 1.82) is 0 Å². The summed E-state index contributed by atoms with van der Waals surface area (Å²) >= 11 is 0. The van der Waals surface area contributed by atoms with E-state index in [4.69, 9.17) is 10.6 Å². The zero-order chi connectivity index (χ0) is 8.81. The highest BCUT2D eigenvalue weighted by atomic mass is 16.5. The van der Waals surface area contributed by atoms with Gasteiger partial charge in [-0.15, -0.1) is 5.69 Å². The van der Waals surface area contributed by atoms with E-state index in [1.807, 2.05) is 24.3 Å². The SMILES string of the molecule is COc1ccc([N-]NNN)cc1. The van der Waals surface area contributed by atoms with Crippen molar-refractivity contribution in [3.8, 4) is 5.75 Å². The van der Waals surface area contributed by atoms with Crippen molar-refractivity contribution in [2.24, 2.45) is 5.84 Å². The molecular weight excluding hydrogens is 156 g/mol. The van der Waals surface area contributed by atoms with E-state index >= 15 is 0 Å². The number of hydrogen-bond acceptors (Lipinski definition) is 4. The first-order valence-electron chi connectivity index (χ1n) is 3.42. The third-order valence-corrected chi connectivity index (χ3v) is 1.32. The first-order valence-corrected chi connectivity index (χ1v) is 3.42.